The molecule has 0 amide bonds. The summed E-state index contributed by atoms with van der Waals surface area (Å²) in [6.45, 7) is 0. The molecule has 6 atom stereocenters. The SMILES string of the molecule is c1ccc(NC2CC3CCC[C@@H](C2)N3[C@@H]2C[C@@H]3CCC[C@@H](C3)C2)cc1. The number of rotatable bonds is 3. The van der Waals surface area contributed by atoms with Crippen molar-refractivity contribution in [3.8, 4) is 0 Å². The molecule has 0 spiro atoms. The van der Waals surface area contributed by atoms with Crippen molar-refractivity contribution >= 4 is 5.69 Å². The van der Waals surface area contributed by atoms with Gasteiger partial charge in [0.2, 0.25) is 0 Å². The molecule has 1 aromatic carbocycles. The van der Waals surface area contributed by atoms with Gasteiger partial charge in [-0.1, -0.05) is 43.9 Å². The molecule has 2 heterocycles. The second-order valence-electron chi connectivity index (χ2n) is 9.39. The van der Waals surface area contributed by atoms with Crippen molar-refractivity contribution in [3.05, 3.63) is 30.3 Å². The van der Waals surface area contributed by atoms with Crippen LogP contribution in [-0.4, -0.2) is 29.1 Å². The lowest BCUT2D eigenvalue weighted by atomic mass is 9.68. The monoisotopic (exact) mass is 338 g/mol. The molecule has 2 nitrogen and oxygen atoms in total. The highest BCUT2D eigenvalue weighted by Crippen LogP contribution is 2.46. The summed E-state index contributed by atoms with van der Waals surface area (Å²) in [6.07, 6.45) is 16.2. The number of para-hydroxylation sites is 1. The molecule has 136 valence electrons. The van der Waals surface area contributed by atoms with Crippen LogP contribution in [0.25, 0.3) is 0 Å². The second-order valence-corrected chi connectivity index (χ2v) is 9.39. The van der Waals surface area contributed by atoms with Gasteiger partial charge in [-0.25, -0.2) is 0 Å². The third kappa shape index (κ3) is 3.35. The van der Waals surface area contributed by atoms with Gasteiger partial charge in [-0.05, 0) is 68.9 Å². The molecule has 2 aliphatic carbocycles. The van der Waals surface area contributed by atoms with E-state index in [4.69, 9.17) is 0 Å². The summed E-state index contributed by atoms with van der Waals surface area (Å²) in [4.78, 5) is 3.05. The van der Waals surface area contributed by atoms with Gasteiger partial charge >= 0.3 is 0 Å². The summed E-state index contributed by atoms with van der Waals surface area (Å²) in [5.74, 6) is 2.11. The van der Waals surface area contributed by atoms with E-state index in [1.807, 2.05) is 0 Å². The third-order valence-electron chi connectivity index (χ3n) is 7.70. The van der Waals surface area contributed by atoms with Crippen LogP contribution in [0.2, 0.25) is 0 Å². The first kappa shape index (κ1) is 16.2. The van der Waals surface area contributed by atoms with E-state index in [1.165, 1.54) is 69.9 Å². The molecular weight excluding hydrogens is 304 g/mol. The van der Waals surface area contributed by atoms with Crippen LogP contribution in [0.3, 0.4) is 0 Å². The Kier molecular flexibility index (Phi) is 4.49. The average Bonchev–Trinajstić information content (AvgIpc) is 2.61. The molecule has 25 heavy (non-hydrogen) atoms. The van der Waals surface area contributed by atoms with Crippen molar-refractivity contribution < 1.29 is 0 Å². The summed E-state index contributed by atoms with van der Waals surface area (Å²) in [5, 5.41) is 3.85. The Morgan fingerprint density at radius 3 is 2.00 bits per heavy atom. The van der Waals surface area contributed by atoms with Crippen LogP contribution in [0, 0.1) is 11.8 Å². The van der Waals surface area contributed by atoms with Crippen molar-refractivity contribution in [1.29, 1.82) is 0 Å². The van der Waals surface area contributed by atoms with Crippen LogP contribution in [0.5, 0.6) is 0 Å². The molecule has 2 aliphatic heterocycles. The van der Waals surface area contributed by atoms with Crippen molar-refractivity contribution in [2.24, 2.45) is 11.8 Å². The van der Waals surface area contributed by atoms with E-state index in [0.29, 0.717) is 6.04 Å². The molecular formula is C23H34N2. The van der Waals surface area contributed by atoms with Gasteiger partial charge in [0.15, 0.2) is 0 Å². The van der Waals surface area contributed by atoms with Crippen molar-refractivity contribution in [2.75, 3.05) is 5.32 Å². The molecule has 4 bridgehead atoms. The highest BCUT2D eigenvalue weighted by molar-refractivity contribution is 5.43. The predicted octanol–water partition coefficient (Wildman–Crippen LogP) is 5.45. The Bertz CT molecular complexity index is 545. The fourth-order valence-corrected chi connectivity index (χ4v) is 6.84. The van der Waals surface area contributed by atoms with E-state index in [0.717, 1.165) is 30.0 Å². The number of piperidine rings is 2. The number of hydrogen-bond donors (Lipinski definition) is 1. The number of anilines is 1. The molecule has 5 rings (SSSR count). The zero-order valence-electron chi connectivity index (χ0n) is 15.6. The lowest BCUT2D eigenvalue weighted by molar-refractivity contribution is -0.0382. The van der Waals surface area contributed by atoms with Crippen LogP contribution in [0.4, 0.5) is 5.69 Å². The summed E-state index contributed by atoms with van der Waals surface area (Å²) in [6, 6.07) is 14.2. The summed E-state index contributed by atoms with van der Waals surface area (Å²) in [7, 11) is 0. The first-order valence-corrected chi connectivity index (χ1v) is 10.9. The quantitative estimate of drug-likeness (QED) is 0.788. The van der Waals surface area contributed by atoms with Crippen molar-refractivity contribution in [1.82, 2.24) is 4.90 Å². The summed E-state index contributed by atoms with van der Waals surface area (Å²) >= 11 is 0. The molecule has 2 saturated heterocycles. The largest absolute Gasteiger partial charge is 0.382 e. The van der Waals surface area contributed by atoms with Gasteiger partial charge in [-0.15, -0.1) is 0 Å². The maximum atomic E-state index is 3.85. The zero-order chi connectivity index (χ0) is 16.6. The van der Waals surface area contributed by atoms with Gasteiger partial charge in [-0.2, -0.15) is 0 Å². The average molecular weight is 339 g/mol. The maximum absolute atomic E-state index is 3.85. The first-order chi connectivity index (χ1) is 12.3. The number of hydrogen-bond acceptors (Lipinski definition) is 2. The first-order valence-electron chi connectivity index (χ1n) is 10.9. The maximum Gasteiger partial charge on any atom is 0.0342 e. The third-order valence-corrected chi connectivity index (χ3v) is 7.70. The van der Waals surface area contributed by atoms with Crippen LogP contribution < -0.4 is 5.32 Å². The normalized spacial score (nSPS) is 41.3. The Balaban J connectivity index is 1.28. The van der Waals surface area contributed by atoms with Crippen LogP contribution in [0.15, 0.2) is 30.3 Å². The molecule has 4 aliphatic rings. The van der Waals surface area contributed by atoms with Gasteiger partial charge in [0.05, 0.1) is 0 Å². The fraction of sp³-hybridized carbons (Fsp3) is 0.739. The molecule has 2 heteroatoms. The fourth-order valence-electron chi connectivity index (χ4n) is 6.84. The van der Waals surface area contributed by atoms with E-state index < -0.39 is 0 Å². The van der Waals surface area contributed by atoms with Crippen LogP contribution in [0.1, 0.15) is 70.6 Å². The Hall–Kier alpha value is -1.02. The van der Waals surface area contributed by atoms with Gasteiger partial charge < -0.3 is 5.32 Å². The molecule has 2 saturated carbocycles. The molecule has 0 aromatic heterocycles. The highest BCUT2D eigenvalue weighted by Gasteiger charge is 2.44. The second kappa shape index (κ2) is 6.95. The molecule has 0 radical (unpaired) electrons. The number of nitrogens with zero attached hydrogens (tertiary/aromatic N) is 1. The number of benzene rings is 1. The predicted molar refractivity (Wildman–Crippen MR) is 105 cm³/mol. The number of fused-ring (bicyclic) bond motifs is 4. The van der Waals surface area contributed by atoms with Crippen LogP contribution >= 0.6 is 0 Å². The Morgan fingerprint density at radius 1 is 0.680 bits per heavy atom. The van der Waals surface area contributed by atoms with Crippen molar-refractivity contribution in [3.63, 3.8) is 0 Å². The van der Waals surface area contributed by atoms with Crippen LogP contribution in [-0.2, 0) is 0 Å². The van der Waals surface area contributed by atoms with E-state index >= 15 is 0 Å². The minimum atomic E-state index is 0.678. The van der Waals surface area contributed by atoms with Crippen molar-refractivity contribution in [2.45, 2.75) is 94.8 Å². The van der Waals surface area contributed by atoms with E-state index in [2.05, 4.69) is 40.5 Å². The lowest BCUT2D eigenvalue weighted by Gasteiger charge is -2.55. The van der Waals surface area contributed by atoms with Gasteiger partial charge in [0, 0.05) is 29.9 Å². The standard InChI is InChI=1S/C23H34N2/c1-2-8-19(9-3-1)24-20-15-21-10-5-11-22(16-20)25(21)23-13-17-6-4-7-18(12-17)14-23/h1-3,8-9,17-18,20-24H,4-7,10-16H2/t17-,18+,20?,21-,22?,23-/m0/s1. The van der Waals surface area contributed by atoms with Gasteiger partial charge in [-0.3, -0.25) is 4.90 Å². The van der Waals surface area contributed by atoms with Gasteiger partial charge in [0.1, 0.15) is 0 Å². The summed E-state index contributed by atoms with van der Waals surface area (Å²) < 4.78 is 0. The molecule has 1 N–H and O–H groups in total. The van der Waals surface area contributed by atoms with E-state index in [-0.39, 0.29) is 0 Å². The van der Waals surface area contributed by atoms with E-state index in [1.54, 1.807) is 6.42 Å². The number of nitrogens with one attached hydrogen (secondary N) is 1. The van der Waals surface area contributed by atoms with E-state index in [9.17, 15) is 0 Å². The minimum absolute atomic E-state index is 0.678. The highest BCUT2D eigenvalue weighted by atomic mass is 15.2. The smallest absolute Gasteiger partial charge is 0.0342 e. The minimum Gasteiger partial charge on any atom is -0.382 e. The molecule has 4 fully saturated rings. The zero-order valence-corrected chi connectivity index (χ0v) is 15.6. The molecule has 2 unspecified atom stereocenters. The molecule has 1 aromatic rings. The Labute approximate surface area is 153 Å². The Morgan fingerprint density at radius 2 is 1.32 bits per heavy atom. The lowest BCUT2D eigenvalue weighted by Crippen LogP contribution is -2.60. The van der Waals surface area contributed by atoms with Gasteiger partial charge in [0.25, 0.3) is 0 Å². The topological polar surface area (TPSA) is 15.3 Å². The summed E-state index contributed by atoms with van der Waals surface area (Å²) in [5.41, 5.74) is 1.31.